The molecule has 1 heterocycles. The van der Waals surface area contributed by atoms with E-state index in [4.69, 9.17) is 16.3 Å². The van der Waals surface area contributed by atoms with Crippen LogP contribution >= 0.6 is 22.9 Å². The van der Waals surface area contributed by atoms with Gasteiger partial charge in [0.15, 0.2) is 0 Å². The van der Waals surface area contributed by atoms with Gasteiger partial charge in [-0.1, -0.05) is 18.2 Å². The molecule has 1 unspecified atom stereocenters. The topological polar surface area (TPSA) is 9.23 Å². The molecule has 0 N–H and O–H groups in total. The molecule has 1 aromatic heterocycles. The molecular formula is C15H17ClOS. The highest BCUT2D eigenvalue weighted by molar-refractivity contribution is 7.07. The molecule has 0 bridgehead atoms. The Balaban J connectivity index is 2.05. The van der Waals surface area contributed by atoms with Crippen LogP contribution in [0.5, 0.6) is 5.75 Å². The van der Waals surface area contributed by atoms with Gasteiger partial charge in [-0.2, -0.15) is 11.3 Å². The van der Waals surface area contributed by atoms with E-state index in [0.29, 0.717) is 11.8 Å². The zero-order chi connectivity index (χ0) is 12.8. The molecule has 0 aliphatic carbocycles. The lowest BCUT2D eigenvalue weighted by Crippen LogP contribution is -2.10. The van der Waals surface area contributed by atoms with Gasteiger partial charge in [-0.3, -0.25) is 0 Å². The van der Waals surface area contributed by atoms with Crippen LogP contribution in [-0.2, 0) is 12.8 Å². The van der Waals surface area contributed by atoms with Gasteiger partial charge in [-0.25, -0.2) is 0 Å². The van der Waals surface area contributed by atoms with Crippen molar-refractivity contribution < 1.29 is 4.74 Å². The normalized spacial score (nSPS) is 12.3. The number of hydrogen-bond acceptors (Lipinski definition) is 2. The Morgan fingerprint density at radius 2 is 2.06 bits per heavy atom. The third kappa shape index (κ3) is 3.50. The van der Waals surface area contributed by atoms with Gasteiger partial charge >= 0.3 is 0 Å². The molecule has 0 radical (unpaired) electrons. The third-order valence-corrected chi connectivity index (χ3v) is 4.19. The standard InChI is InChI=1S/C15H17ClOS/c1-17-15-5-3-2-4-14(15)9-13(10-16)8-12-6-7-18-11-12/h2-7,11,13H,8-10H2,1H3. The Morgan fingerprint density at radius 3 is 2.72 bits per heavy atom. The van der Waals surface area contributed by atoms with Gasteiger partial charge in [-0.05, 0) is 52.8 Å². The third-order valence-electron chi connectivity index (χ3n) is 3.02. The summed E-state index contributed by atoms with van der Waals surface area (Å²) in [6, 6.07) is 10.3. The van der Waals surface area contributed by atoms with Crippen LogP contribution in [0.25, 0.3) is 0 Å². The summed E-state index contributed by atoms with van der Waals surface area (Å²) in [5, 5.41) is 4.31. The average Bonchev–Trinajstić information content (AvgIpc) is 2.91. The molecule has 0 fully saturated rings. The highest BCUT2D eigenvalue weighted by Crippen LogP contribution is 2.24. The second kappa shape index (κ2) is 6.81. The first-order valence-electron chi connectivity index (χ1n) is 6.02. The SMILES string of the molecule is COc1ccccc1CC(CCl)Cc1ccsc1. The Morgan fingerprint density at radius 1 is 1.22 bits per heavy atom. The van der Waals surface area contributed by atoms with E-state index < -0.39 is 0 Å². The van der Waals surface area contributed by atoms with Crippen LogP contribution in [0.15, 0.2) is 41.1 Å². The van der Waals surface area contributed by atoms with Crippen molar-refractivity contribution in [3.63, 3.8) is 0 Å². The molecule has 2 aromatic rings. The highest BCUT2D eigenvalue weighted by atomic mass is 35.5. The van der Waals surface area contributed by atoms with E-state index in [9.17, 15) is 0 Å². The maximum atomic E-state index is 6.09. The molecule has 96 valence electrons. The van der Waals surface area contributed by atoms with Gasteiger partial charge in [0, 0.05) is 5.88 Å². The lowest BCUT2D eigenvalue weighted by molar-refractivity contribution is 0.405. The molecule has 0 amide bonds. The first kappa shape index (κ1) is 13.4. The number of ether oxygens (including phenoxy) is 1. The smallest absolute Gasteiger partial charge is 0.122 e. The van der Waals surface area contributed by atoms with Crippen molar-refractivity contribution in [1.29, 1.82) is 0 Å². The minimum Gasteiger partial charge on any atom is -0.496 e. The number of thiophene rings is 1. The Hall–Kier alpha value is -0.990. The largest absolute Gasteiger partial charge is 0.496 e. The molecule has 18 heavy (non-hydrogen) atoms. The van der Waals surface area contributed by atoms with Crippen molar-refractivity contribution in [3.8, 4) is 5.75 Å². The van der Waals surface area contributed by atoms with Crippen LogP contribution in [0, 0.1) is 5.92 Å². The number of rotatable bonds is 6. The van der Waals surface area contributed by atoms with Crippen LogP contribution in [0.1, 0.15) is 11.1 Å². The summed E-state index contributed by atoms with van der Waals surface area (Å²) >= 11 is 7.83. The van der Waals surface area contributed by atoms with E-state index in [1.165, 1.54) is 11.1 Å². The fraction of sp³-hybridized carbons (Fsp3) is 0.333. The van der Waals surface area contributed by atoms with Crippen molar-refractivity contribution in [2.45, 2.75) is 12.8 Å². The maximum absolute atomic E-state index is 6.09. The highest BCUT2D eigenvalue weighted by Gasteiger charge is 2.12. The summed E-state index contributed by atoms with van der Waals surface area (Å²) in [7, 11) is 1.72. The van der Waals surface area contributed by atoms with Crippen molar-refractivity contribution in [2.75, 3.05) is 13.0 Å². The fourth-order valence-corrected chi connectivity index (χ4v) is 3.01. The van der Waals surface area contributed by atoms with E-state index in [-0.39, 0.29) is 0 Å². The summed E-state index contributed by atoms with van der Waals surface area (Å²) in [6.45, 7) is 0. The summed E-state index contributed by atoms with van der Waals surface area (Å²) < 4.78 is 5.38. The van der Waals surface area contributed by atoms with E-state index in [2.05, 4.69) is 22.9 Å². The van der Waals surface area contributed by atoms with Gasteiger partial charge in [-0.15, -0.1) is 11.6 Å². The zero-order valence-corrected chi connectivity index (χ0v) is 12.0. The van der Waals surface area contributed by atoms with Crippen LogP contribution in [0.4, 0.5) is 0 Å². The Labute approximate surface area is 117 Å². The molecule has 3 heteroatoms. The second-order valence-corrected chi connectivity index (χ2v) is 5.46. The minimum absolute atomic E-state index is 0.456. The zero-order valence-electron chi connectivity index (χ0n) is 10.4. The molecule has 0 saturated heterocycles. The monoisotopic (exact) mass is 280 g/mol. The van der Waals surface area contributed by atoms with E-state index >= 15 is 0 Å². The molecule has 0 aliphatic rings. The van der Waals surface area contributed by atoms with Crippen molar-refractivity contribution >= 4 is 22.9 Å². The molecular weight excluding hydrogens is 264 g/mol. The number of methoxy groups -OCH3 is 1. The molecule has 1 atom stereocenters. The molecule has 1 nitrogen and oxygen atoms in total. The number of para-hydroxylation sites is 1. The number of alkyl halides is 1. The van der Waals surface area contributed by atoms with E-state index in [1.54, 1.807) is 18.4 Å². The minimum atomic E-state index is 0.456. The Bertz CT molecular complexity index is 467. The van der Waals surface area contributed by atoms with Gasteiger partial charge in [0.25, 0.3) is 0 Å². The summed E-state index contributed by atoms with van der Waals surface area (Å²) in [5.41, 5.74) is 2.61. The number of benzene rings is 1. The van der Waals surface area contributed by atoms with Crippen LogP contribution in [0.3, 0.4) is 0 Å². The molecule has 0 spiro atoms. The fourth-order valence-electron chi connectivity index (χ4n) is 2.11. The maximum Gasteiger partial charge on any atom is 0.122 e. The Kier molecular flexibility index (Phi) is 5.09. The van der Waals surface area contributed by atoms with Crippen molar-refractivity contribution in [2.24, 2.45) is 5.92 Å². The van der Waals surface area contributed by atoms with Crippen LogP contribution in [0.2, 0.25) is 0 Å². The first-order chi connectivity index (χ1) is 8.83. The lowest BCUT2D eigenvalue weighted by atomic mass is 9.95. The quantitative estimate of drug-likeness (QED) is 0.713. The van der Waals surface area contributed by atoms with E-state index in [0.717, 1.165) is 18.6 Å². The molecule has 0 saturated carbocycles. The molecule has 2 rings (SSSR count). The predicted molar refractivity (Wildman–Crippen MR) is 78.9 cm³/mol. The summed E-state index contributed by atoms with van der Waals surface area (Å²) in [4.78, 5) is 0. The summed E-state index contributed by atoms with van der Waals surface area (Å²) in [6.07, 6.45) is 1.99. The lowest BCUT2D eigenvalue weighted by Gasteiger charge is -2.15. The van der Waals surface area contributed by atoms with Gasteiger partial charge < -0.3 is 4.74 Å². The average molecular weight is 281 g/mol. The van der Waals surface area contributed by atoms with Crippen LogP contribution in [-0.4, -0.2) is 13.0 Å². The van der Waals surface area contributed by atoms with Gasteiger partial charge in [0.2, 0.25) is 0 Å². The number of halogens is 1. The van der Waals surface area contributed by atoms with Crippen molar-refractivity contribution in [3.05, 3.63) is 52.2 Å². The van der Waals surface area contributed by atoms with Gasteiger partial charge in [0.1, 0.15) is 5.75 Å². The summed E-state index contributed by atoms with van der Waals surface area (Å²) in [5.74, 6) is 2.09. The first-order valence-corrected chi connectivity index (χ1v) is 7.50. The molecule has 0 aliphatic heterocycles. The number of hydrogen-bond donors (Lipinski definition) is 0. The van der Waals surface area contributed by atoms with Crippen molar-refractivity contribution in [1.82, 2.24) is 0 Å². The second-order valence-electron chi connectivity index (χ2n) is 4.37. The van der Waals surface area contributed by atoms with E-state index in [1.807, 2.05) is 18.2 Å². The van der Waals surface area contributed by atoms with Gasteiger partial charge in [0.05, 0.1) is 7.11 Å². The van der Waals surface area contributed by atoms with Crippen LogP contribution < -0.4 is 4.74 Å². The molecule has 1 aromatic carbocycles. The predicted octanol–water partition coefficient (Wildman–Crippen LogP) is 4.40.